The molecule has 0 spiro atoms. The van der Waals surface area contributed by atoms with E-state index in [1.165, 1.54) is 17.3 Å². The van der Waals surface area contributed by atoms with Crippen LogP contribution in [0.3, 0.4) is 0 Å². The highest BCUT2D eigenvalue weighted by Crippen LogP contribution is 2.34. The second kappa shape index (κ2) is 13.8. The number of nitrogens with two attached hydrogens (primary N) is 2. The topological polar surface area (TPSA) is 147 Å². The van der Waals surface area contributed by atoms with Gasteiger partial charge < -0.3 is 30.2 Å². The fraction of sp³-hybridized carbons (Fsp3) is 0.324. The van der Waals surface area contributed by atoms with Crippen molar-refractivity contribution in [3.63, 3.8) is 0 Å². The summed E-state index contributed by atoms with van der Waals surface area (Å²) >= 11 is 0. The summed E-state index contributed by atoms with van der Waals surface area (Å²) in [7, 11) is 3.51. The van der Waals surface area contributed by atoms with Crippen molar-refractivity contribution in [2.24, 2.45) is 18.5 Å². The summed E-state index contributed by atoms with van der Waals surface area (Å²) in [5.74, 6) is -0.455. The summed E-state index contributed by atoms with van der Waals surface area (Å²) in [6, 6.07) is 9.70. The van der Waals surface area contributed by atoms with Crippen LogP contribution in [0.4, 0.5) is 4.39 Å². The monoisotopic (exact) mass is 626 g/mol. The first kappa shape index (κ1) is 32.1. The maximum Gasteiger partial charge on any atom is 0.258 e. The van der Waals surface area contributed by atoms with Crippen molar-refractivity contribution in [2.45, 2.75) is 52.5 Å². The minimum atomic E-state index is -0.790. The minimum absolute atomic E-state index is 0.0923. The number of pyridine rings is 2. The molecule has 2 amide bonds. The van der Waals surface area contributed by atoms with Crippen LogP contribution in [0.1, 0.15) is 65.1 Å². The average molecular weight is 627 g/mol. The molecule has 5 aromatic rings. The van der Waals surface area contributed by atoms with E-state index in [1.54, 1.807) is 25.4 Å². The second-order valence-electron chi connectivity index (χ2n) is 11.1. The van der Waals surface area contributed by atoms with Gasteiger partial charge in [0.2, 0.25) is 0 Å². The summed E-state index contributed by atoms with van der Waals surface area (Å²) < 4.78 is 24.1. The Kier molecular flexibility index (Phi) is 9.64. The Morgan fingerprint density at radius 3 is 2.59 bits per heavy atom. The molecule has 0 saturated carbocycles. The SMILES string of the molecule is CCc1ccc2cc(-c3nc4cc(C(=O)N(/C=C/N)CC)cc(OC)c4n3C)n(CCCCCc3cncc(F)c3C(N)=O)c2n1. The van der Waals surface area contributed by atoms with Gasteiger partial charge in [0.05, 0.1) is 30.1 Å². The molecule has 0 atom stereocenters. The number of carbonyl (C=O) groups excluding carboxylic acids is 2. The molecule has 1 aromatic carbocycles. The van der Waals surface area contributed by atoms with Crippen molar-refractivity contribution in [3.05, 3.63) is 83.3 Å². The zero-order valence-electron chi connectivity index (χ0n) is 26.6. The van der Waals surface area contributed by atoms with Crippen LogP contribution < -0.4 is 16.2 Å². The van der Waals surface area contributed by atoms with E-state index in [9.17, 15) is 14.0 Å². The van der Waals surface area contributed by atoms with Crippen molar-refractivity contribution in [2.75, 3.05) is 13.7 Å². The number of hydrogen-bond donors (Lipinski definition) is 2. The van der Waals surface area contributed by atoms with Crippen molar-refractivity contribution < 1.29 is 18.7 Å². The zero-order chi connectivity index (χ0) is 33.0. The molecular weight excluding hydrogens is 587 g/mol. The van der Waals surface area contributed by atoms with E-state index in [0.29, 0.717) is 47.7 Å². The van der Waals surface area contributed by atoms with Crippen LogP contribution in [-0.2, 0) is 26.4 Å². The number of fused-ring (bicyclic) bond motifs is 2. The average Bonchev–Trinajstić information content (AvgIpc) is 3.58. The van der Waals surface area contributed by atoms with Crippen LogP contribution in [0.2, 0.25) is 0 Å². The maximum atomic E-state index is 14.2. The van der Waals surface area contributed by atoms with E-state index in [4.69, 9.17) is 26.2 Å². The molecule has 0 bridgehead atoms. The normalized spacial score (nSPS) is 11.6. The Labute approximate surface area is 266 Å². The predicted molar refractivity (Wildman–Crippen MR) is 176 cm³/mol. The molecule has 4 aromatic heterocycles. The quantitative estimate of drug-likeness (QED) is 0.173. The number of aryl methyl sites for hydroxylation is 4. The van der Waals surface area contributed by atoms with Gasteiger partial charge in [-0.3, -0.25) is 14.6 Å². The van der Waals surface area contributed by atoms with Gasteiger partial charge in [0.25, 0.3) is 11.8 Å². The number of aromatic nitrogens is 5. The van der Waals surface area contributed by atoms with Crippen molar-refractivity contribution in [1.82, 2.24) is 29.0 Å². The van der Waals surface area contributed by atoms with Crippen LogP contribution >= 0.6 is 0 Å². The highest BCUT2D eigenvalue weighted by atomic mass is 19.1. The number of rotatable bonds is 13. The van der Waals surface area contributed by atoms with Gasteiger partial charge in [-0.2, -0.15) is 0 Å². The highest BCUT2D eigenvalue weighted by molar-refractivity contribution is 6.00. The maximum absolute atomic E-state index is 14.2. The fourth-order valence-electron chi connectivity index (χ4n) is 5.88. The zero-order valence-corrected chi connectivity index (χ0v) is 26.6. The Hall–Kier alpha value is -5.26. The van der Waals surface area contributed by atoms with Gasteiger partial charge in [0.15, 0.2) is 11.6 Å². The molecule has 0 aliphatic heterocycles. The Bertz CT molecular complexity index is 1940. The first-order valence-corrected chi connectivity index (χ1v) is 15.4. The molecule has 0 saturated heterocycles. The number of methoxy groups -OCH3 is 1. The van der Waals surface area contributed by atoms with E-state index in [0.717, 1.165) is 59.8 Å². The predicted octanol–water partition coefficient (Wildman–Crippen LogP) is 5.10. The van der Waals surface area contributed by atoms with E-state index < -0.39 is 11.7 Å². The molecule has 0 fully saturated rings. The molecule has 0 aliphatic carbocycles. The summed E-state index contributed by atoms with van der Waals surface area (Å²) in [6.07, 6.45) is 9.03. The molecule has 5 rings (SSSR count). The van der Waals surface area contributed by atoms with E-state index in [-0.39, 0.29) is 11.5 Å². The first-order valence-electron chi connectivity index (χ1n) is 15.4. The first-order chi connectivity index (χ1) is 22.2. The summed E-state index contributed by atoms with van der Waals surface area (Å²) in [5.41, 5.74) is 16.0. The van der Waals surface area contributed by atoms with Gasteiger partial charge in [-0.15, -0.1) is 0 Å². The smallest absolute Gasteiger partial charge is 0.258 e. The number of hydrogen-bond acceptors (Lipinski definition) is 7. The lowest BCUT2D eigenvalue weighted by atomic mass is 10.0. The summed E-state index contributed by atoms with van der Waals surface area (Å²) in [6.45, 7) is 5.06. The molecule has 0 unspecified atom stereocenters. The number of primary amides is 1. The van der Waals surface area contributed by atoms with Gasteiger partial charge >= 0.3 is 0 Å². The van der Waals surface area contributed by atoms with Gasteiger partial charge in [-0.25, -0.2) is 14.4 Å². The van der Waals surface area contributed by atoms with Crippen molar-refractivity contribution >= 4 is 33.9 Å². The summed E-state index contributed by atoms with van der Waals surface area (Å²) in [4.78, 5) is 40.5. The standard InChI is InChI=1S/C34H39FN8O3/c1-5-24-12-11-21-17-27(43(32(21)39-24)14-9-7-8-10-22-19-38-20-25(35)29(22)31(37)44)33-40-26-16-23(34(45)42(6-2)15-13-36)18-28(46-4)30(26)41(33)3/h11-13,15-20H,5-10,14,36H2,1-4H3,(H2,37,44)/b15-13+. The molecule has 0 radical (unpaired) electrons. The van der Waals surface area contributed by atoms with E-state index in [1.807, 2.05) is 24.6 Å². The van der Waals surface area contributed by atoms with E-state index in [2.05, 4.69) is 28.6 Å². The van der Waals surface area contributed by atoms with Crippen LogP contribution in [-0.4, -0.2) is 54.5 Å². The van der Waals surface area contributed by atoms with Gasteiger partial charge in [-0.1, -0.05) is 13.3 Å². The molecule has 4 heterocycles. The number of nitrogens with zero attached hydrogens (tertiary/aromatic N) is 6. The molecule has 11 nitrogen and oxygen atoms in total. The molecule has 0 aliphatic rings. The molecule has 46 heavy (non-hydrogen) atoms. The van der Waals surface area contributed by atoms with Crippen molar-refractivity contribution in [1.29, 1.82) is 0 Å². The third-order valence-electron chi connectivity index (χ3n) is 8.21. The number of amides is 2. The number of imidazole rings is 1. The number of halogens is 1. The Balaban J connectivity index is 1.49. The Morgan fingerprint density at radius 1 is 1.09 bits per heavy atom. The molecule has 12 heteroatoms. The molecular formula is C34H39FN8O3. The van der Waals surface area contributed by atoms with E-state index >= 15 is 0 Å². The van der Waals surface area contributed by atoms with Gasteiger partial charge in [0, 0.05) is 55.4 Å². The van der Waals surface area contributed by atoms with Gasteiger partial charge in [0.1, 0.15) is 16.9 Å². The lowest BCUT2D eigenvalue weighted by Crippen LogP contribution is -2.25. The summed E-state index contributed by atoms with van der Waals surface area (Å²) in [5, 5.41) is 0.992. The lowest BCUT2D eigenvalue weighted by Gasteiger charge is -2.16. The molecule has 4 N–H and O–H groups in total. The largest absolute Gasteiger partial charge is 0.494 e. The number of ether oxygens (including phenoxy) is 1. The third-order valence-corrected chi connectivity index (χ3v) is 8.21. The second-order valence-corrected chi connectivity index (χ2v) is 11.1. The van der Waals surface area contributed by atoms with Gasteiger partial charge in [-0.05, 0) is 68.5 Å². The van der Waals surface area contributed by atoms with Crippen molar-refractivity contribution in [3.8, 4) is 17.3 Å². The molecule has 240 valence electrons. The highest BCUT2D eigenvalue weighted by Gasteiger charge is 2.23. The lowest BCUT2D eigenvalue weighted by molar-refractivity contribution is 0.0827. The minimum Gasteiger partial charge on any atom is -0.494 e. The Morgan fingerprint density at radius 2 is 1.89 bits per heavy atom. The van der Waals surface area contributed by atoms with Crippen LogP contribution in [0.25, 0.3) is 33.6 Å². The number of unbranched alkanes of at least 4 members (excludes halogenated alkanes) is 2. The number of carbonyl (C=O) groups is 2. The van der Waals surface area contributed by atoms with Crippen LogP contribution in [0, 0.1) is 5.82 Å². The fourth-order valence-corrected chi connectivity index (χ4v) is 5.88. The number of benzene rings is 1. The van der Waals surface area contributed by atoms with Crippen LogP contribution in [0.5, 0.6) is 5.75 Å². The van der Waals surface area contributed by atoms with Crippen LogP contribution in [0.15, 0.2) is 55.1 Å². The third kappa shape index (κ3) is 6.15.